The highest BCUT2D eigenvalue weighted by atomic mass is 14.1. The Morgan fingerprint density at radius 3 is 2.33 bits per heavy atom. The van der Waals surface area contributed by atoms with E-state index in [1.807, 2.05) is 0 Å². The molecule has 1 rings (SSSR count). The van der Waals surface area contributed by atoms with Gasteiger partial charge in [0.15, 0.2) is 0 Å². The third-order valence-electron chi connectivity index (χ3n) is 3.91. The Morgan fingerprint density at radius 1 is 1.06 bits per heavy atom. The van der Waals surface area contributed by atoms with E-state index in [1.165, 1.54) is 44.1 Å². The largest absolute Gasteiger partial charge is 0.102 e. The maximum Gasteiger partial charge on any atom is 0.00152 e. The van der Waals surface area contributed by atoms with Crippen LogP contribution in [-0.4, -0.2) is 0 Å². The highest BCUT2D eigenvalue weighted by Gasteiger charge is 2.09. The van der Waals surface area contributed by atoms with Crippen LogP contribution in [0.4, 0.5) is 0 Å². The molecule has 2 unspecified atom stereocenters. The van der Waals surface area contributed by atoms with Gasteiger partial charge in [0.05, 0.1) is 0 Å². The normalized spacial score (nSPS) is 14.1. The highest BCUT2D eigenvalue weighted by molar-refractivity contribution is 5.22. The molecule has 0 bridgehead atoms. The van der Waals surface area contributed by atoms with Gasteiger partial charge in [-0.3, -0.25) is 0 Å². The first-order valence-corrected chi connectivity index (χ1v) is 7.49. The Balaban J connectivity index is 2.38. The summed E-state index contributed by atoms with van der Waals surface area (Å²) in [5.74, 6) is 1.46. The Hall–Kier alpha value is -1.04. The first-order valence-electron chi connectivity index (χ1n) is 7.49. The quantitative estimate of drug-likeness (QED) is 0.471. The van der Waals surface area contributed by atoms with Crippen molar-refractivity contribution >= 4 is 0 Å². The molecule has 0 aliphatic rings. The van der Waals surface area contributed by atoms with Crippen LogP contribution in [0.2, 0.25) is 0 Å². The van der Waals surface area contributed by atoms with Crippen molar-refractivity contribution in [2.75, 3.05) is 0 Å². The maximum atomic E-state index is 3.99. The van der Waals surface area contributed by atoms with Crippen molar-refractivity contribution in [3.8, 4) is 0 Å². The average Bonchev–Trinajstić information content (AvgIpc) is 2.43. The molecular formula is C18H28. The molecule has 0 N–H and O–H groups in total. The Bertz CT molecular complexity index is 312. The van der Waals surface area contributed by atoms with Gasteiger partial charge in [-0.25, -0.2) is 0 Å². The molecule has 0 spiro atoms. The van der Waals surface area contributed by atoms with Gasteiger partial charge in [-0.2, -0.15) is 0 Å². The van der Waals surface area contributed by atoms with Gasteiger partial charge in [0, 0.05) is 5.92 Å². The lowest BCUT2D eigenvalue weighted by Gasteiger charge is -2.16. The topological polar surface area (TPSA) is 0 Å². The Morgan fingerprint density at radius 2 is 1.78 bits per heavy atom. The SMILES string of the molecule is C=CC(CCCC(CC)CCC)c1ccccc1. The molecule has 0 heteroatoms. The first kappa shape index (κ1) is 15.0. The van der Waals surface area contributed by atoms with E-state index in [2.05, 4.69) is 56.8 Å². The van der Waals surface area contributed by atoms with Crippen LogP contribution in [0.3, 0.4) is 0 Å². The molecule has 0 heterocycles. The lowest BCUT2D eigenvalue weighted by molar-refractivity contribution is 0.409. The number of allylic oxidation sites excluding steroid dienone is 1. The summed E-state index contributed by atoms with van der Waals surface area (Å²) in [6.07, 6.45) is 10.1. The van der Waals surface area contributed by atoms with Crippen LogP contribution in [0, 0.1) is 5.92 Å². The molecule has 0 fully saturated rings. The summed E-state index contributed by atoms with van der Waals surface area (Å²) in [5.41, 5.74) is 1.41. The third-order valence-corrected chi connectivity index (χ3v) is 3.91. The molecule has 0 radical (unpaired) electrons. The lowest BCUT2D eigenvalue weighted by Crippen LogP contribution is -2.01. The minimum absolute atomic E-state index is 0.533. The van der Waals surface area contributed by atoms with E-state index in [9.17, 15) is 0 Å². The van der Waals surface area contributed by atoms with Crippen molar-refractivity contribution in [3.05, 3.63) is 48.6 Å². The molecule has 1 aromatic carbocycles. The number of hydrogen-bond acceptors (Lipinski definition) is 0. The maximum absolute atomic E-state index is 3.99. The second-order valence-corrected chi connectivity index (χ2v) is 5.25. The Labute approximate surface area is 113 Å². The van der Waals surface area contributed by atoms with E-state index in [0.29, 0.717) is 5.92 Å². The molecular weight excluding hydrogens is 216 g/mol. The van der Waals surface area contributed by atoms with Gasteiger partial charge in [-0.05, 0) is 17.9 Å². The first-order chi connectivity index (χ1) is 8.81. The minimum atomic E-state index is 0.533. The van der Waals surface area contributed by atoms with E-state index in [1.54, 1.807) is 0 Å². The van der Waals surface area contributed by atoms with Crippen LogP contribution in [0.25, 0.3) is 0 Å². The van der Waals surface area contributed by atoms with Crippen LogP contribution in [0.5, 0.6) is 0 Å². The van der Waals surface area contributed by atoms with Gasteiger partial charge in [-0.1, -0.05) is 82.4 Å². The molecule has 0 amide bonds. The van der Waals surface area contributed by atoms with Gasteiger partial charge >= 0.3 is 0 Å². The molecule has 100 valence electrons. The zero-order valence-corrected chi connectivity index (χ0v) is 12.1. The van der Waals surface area contributed by atoms with Crippen LogP contribution in [0.15, 0.2) is 43.0 Å². The molecule has 0 saturated heterocycles. The molecule has 18 heavy (non-hydrogen) atoms. The number of hydrogen-bond donors (Lipinski definition) is 0. The third kappa shape index (κ3) is 5.08. The fourth-order valence-corrected chi connectivity index (χ4v) is 2.71. The summed E-state index contributed by atoms with van der Waals surface area (Å²) in [6, 6.07) is 10.8. The Kier molecular flexibility index (Phi) is 7.48. The zero-order valence-electron chi connectivity index (χ0n) is 12.1. The molecule has 2 atom stereocenters. The standard InChI is InChI=1S/C18H28/c1-4-11-16(5-2)12-10-15-17(6-3)18-13-8-7-9-14-18/h6-9,13-14,16-17H,3-5,10-12,15H2,1-2H3. The zero-order chi connectivity index (χ0) is 13.2. The predicted octanol–water partition coefficient (Wildman–Crippen LogP) is 5.95. The van der Waals surface area contributed by atoms with Crippen molar-refractivity contribution in [3.63, 3.8) is 0 Å². The molecule has 0 aliphatic carbocycles. The van der Waals surface area contributed by atoms with Gasteiger partial charge in [0.25, 0.3) is 0 Å². The summed E-state index contributed by atoms with van der Waals surface area (Å²) in [5, 5.41) is 0. The molecule has 1 aromatic rings. The van der Waals surface area contributed by atoms with Crippen molar-refractivity contribution < 1.29 is 0 Å². The van der Waals surface area contributed by atoms with E-state index in [0.717, 1.165) is 5.92 Å². The average molecular weight is 244 g/mol. The van der Waals surface area contributed by atoms with Gasteiger partial charge < -0.3 is 0 Å². The fourth-order valence-electron chi connectivity index (χ4n) is 2.71. The summed E-state index contributed by atoms with van der Waals surface area (Å²) in [7, 11) is 0. The predicted molar refractivity (Wildman–Crippen MR) is 81.9 cm³/mol. The monoisotopic (exact) mass is 244 g/mol. The second-order valence-electron chi connectivity index (χ2n) is 5.25. The molecule has 0 saturated carbocycles. The lowest BCUT2D eigenvalue weighted by atomic mass is 9.89. The summed E-state index contributed by atoms with van der Waals surface area (Å²) >= 11 is 0. The van der Waals surface area contributed by atoms with Gasteiger partial charge in [0.1, 0.15) is 0 Å². The van der Waals surface area contributed by atoms with Crippen molar-refractivity contribution in [2.45, 2.75) is 58.3 Å². The minimum Gasteiger partial charge on any atom is -0.102 e. The van der Waals surface area contributed by atoms with Crippen molar-refractivity contribution in [1.29, 1.82) is 0 Å². The van der Waals surface area contributed by atoms with Crippen LogP contribution < -0.4 is 0 Å². The van der Waals surface area contributed by atoms with E-state index < -0.39 is 0 Å². The number of benzene rings is 1. The van der Waals surface area contributed by atoms with Crippen LogP contribution in [0.1, 0.15) is 63.9 Å². The van der Waals surface area contributed by atoms with E-state index in [4.69, 9.17) is 0 Å². The van der Waals surface area contributed by atoms with E-state index in [-0.39, 0.29) is 0 Å². The van der Waals surface area contributed by atoms with Crippen LogP contribution in [-0.2, 0) is 0 Å². The summed E-state index contributed by atoms with van der Waals surface area (Å²) in [4.78, 5) is 0. The smallest absolute Gasteiger partial charge is 0.00152 e. The van der Waals surface area contributed by atoms with Crippen LogP contribution >= 0.6 is 0 Å². The summed E-state index contributed by atoms with van der Waals surface area (Å²) < 4.78 is 0. The summed E-state index contributed by atoms with van der Waals surface area (Å²) in [6.45, 7) is 8.60. The van der Waals surface area contributed by atoms with E-state index >= 15 is 0 Å². The molecule has 0 aliphatic heterocycles. The van der Waals surface area contributed by atoms with Crippen molar-refractivity contribution in [2.24, 2.45) is 5.92 Å². The molecule has 0 aromatic heterocycles. The highest BCUT2D eigenvalue weighted by Crippen LogP contribution is 2.26. The van der Waals surface area contributed by atoms with Gasteiger partial charge in [-0.15, -0.1) is 6.58 Å². The number of rotatable bonds is 9. The second kappa shape index (κ2) is 8.97. The molecule has 0 nitrogen and oxygen atoms in total. The van der Waals surface area contributed by atoms with Gasteiger partial charge in [0.2, 0.25) is 0 Å². The fraction of sp³-hybridized carbons (Fsp3) is 0.556. The van der Waals surface area contributed by atoms with Crippen molar-refractivity contribution in [1.82, 2.24) is 0 Å².